The Balaban J connectivity index is 1.38. The standard InChI is InChI=1S/C23H19N5O2S/c29-23(26-18-2-1-10-24-14-18)25-17-5-3-16(4-6-17)21-27-20(15-7-11-30-12-8-15)19-9-13-31-22(19)28-21/h1-7,9-10,13-14H,8,11-12H2,(H2,25,26,29). The zero-order valence-electron chi connectivity index (χ0n) is 16.5. The first kappa shape index (κ1) is 19.3. The summed E-state index contributed by atoms with van der Waals surface area (Å²) in [6.45, 7) is 1.32. The minimum atomic E-state index is -0.328. The Bertz CT molecular complexity index is 1250. The van der Waals surface area contributed by atoms with Gasteiger partial charge in [0.15, 0.2) is 5.82 Å². The summed E-state index contributed by atoms with van der Waals surface area (Å²) in [4.78, 5) is 26.8. The fourth-order valence-electron chi connectivity index (χ4n) is 3.40. The van der Waals surface area contributed by atoms with Gasteiger partial charge in [0, 0.05) is 22.8 Å². The summed E-state index contributed by atoms with van der Waals surface area (Å²) in [5.74, 6) is 0.670. The van der Waals surface area contributed by atoms with Crippen molar-refractivity contribution in [2.75, 3.05) is 23.8 Å². The minimum absolute atomic E-state index is 0.328. The smallest absolute Gasteiger partial charge is 0.323 e. The molecule has 7 nitrogen and oxygen atoms in total. The van der Waals surface area contributed by atoms with Crippen LogP contribution in [-0.4, -0.2) is 34.2 Å². The second kappa shape index (κ2) is 8.63. The zero-order chi connectivity index (χ0) is 21.0. The Kier molecular flexibility index (Phi) is 5.39. The van der Waals surface area contributed by atoms with Crippen molar-refractivity contribution in [1.29, 1.82) is 0 Å². The lowest BCUT2D eigenvalue weighted by Crippen LogP contribution is -2.19. The first-order chi connectivity index (χ1) is 15.3. The lowest BCUT2D eigenvalue weighted by atomic mass is 10.0. The van der Waals surface area contributed by atoms with E-state index in [1.54, 1.807) is 35.9 Å². The Morgan fingerprint density at radius 3 is 2.68 bits per heavy atom. The summed E-state index contributed by atoms with van der Waals surface area (Å²) in [5, 5.41) is 8.68. The number of ether oxygens (including phenoxy) is 1. The zero-order valence-corrected chi connectivity index (χ0v) is 17.4. The summed E-state index contributed by atoms with van der Waals surface area (Å²) < 4.78 is 5.45. The van der Waals surface area contributed by atoms with E-state index < -0.39 is 0 Å². The van der Waals surface area contributed by atoms with Gasteiger partial charge >= 0.3 is 6.03 Å². The molecule has 0 radical (unpaired) electrons. The molecule has 0 aliphatic carbocycles. The maximum Gasteiger partial charge on any atom is 0.323 e. The van der Waals surface area contributed by atoms with Gasteiger partial charge in [-0.15, -0.1) is 11.3 Å². The van der Waals surface area contributed by atoms with E-state index in [0.717, 1.165) is 27.9 Å². The lowest BCUT2D eigenvalue weighted by molar-refractivity contribution is 0.161. The van der Waals surface area contributed by atoms with Crippen LogP contribution in [0.2, 0.25) is 0 Å². The van der Waals surface area contributed by atoms with Crippen LogP contribution < -0.4 is 10.6 Å². The van der Waals surface area contributed by atoms with Crippen LogP contribution in [0.15, 0.2) is 66.3 Å². The monoisotopic (exact) mass is 429 g/mol. The average molecular weight is 430 g/mol. The van der Waals surface area contributed by atoms with Gasteiger partial charge in [-0.2, -0.15) is 0 Å². The van der Waals surface area contributed by atoms with Gasteiger partial charge in [-0.25, -0.2) is 14.8 Å². The second-order valence-corrected chi connectivity index (χ2v) is 7.88. The van der Waals surface area contributed by atoms with E-state index in [9.17, 15) is 4.79 Å². The van der Waals surface area contributed by atoms with E-state index in [2.05, 4.69) is 27.8 Å². The number of nitrogens with zero attached hydrogens (tertiary/aromatic N) is 3. The number of hydrogen-bond donors (Lipinski definition) is 2. The van der Waals surface area contributed by atoms with Gasteiger partial charge in [-0.1, -0.05) is 6.08 Å². The number of rotatable bonds is 4. The predicted octanol–water partition coefficient (Wildman–Crippen LogP) is 5.20. The van der Waals surface area contributed by atoms with Gasteiger partial charge in [0.1, 0.15) is 4.83 Å². The number of carbonyl (C=O) groups excluding carboxylic acids is 1. The molecule has 8 heteroatoms. The molecule has 154 valence electrons. The molecular weight excluding hydrogens is 410 g/mol. The number of thiophene rings is 1. The molecular formula is C23H19N5O2S. The molecule has 0 saturated heterocycles. The topological polar surface area (TPSA) is 89.0 Å². The van der Waals surface area contributed by atoms with Crippen molar-refractivity contribution in [3.8, 4) is 11.4 Å². The molecule has 1 aliphatic rings. The molecule has 0 spiro atoms. The molecule has 4 aromatic rings. The van der Waals surface area contributed by atoms with Crippen molar-refractivity contribution < 1.29 is 9.53 Å². The van der Waals surface area contributed by atoms with Crippen molar-refractivity contribution in [3.63, 3.8) is 0 Å². The fourth-order valence-corrected chi connectivity index (χ4v) is 4.17. The molecule has 3 aromatic heterocycles. The minimum Gasteiger partial charge on any atom is -0.377 e. The van der Waals surface area contributed by atoms with E-state index in [4.69, 9.17) is 14.7 Å². The van der Waals surface area contributed by atoms with E-state index >= 15 is 0 Å². The van der Waals surface area contributed by atoms with Crippen LogP contribution in [-0.2, 0) is 4.74 Å². The van der Waals surface area contributed by atoms with E-state index in [-0.39, 0.29) is 6.03 Å². The molecule has 2 amide bonds. The third-order valence-electron chi connectivity index (χ3n) is 4.91. The summed E-state index contributed by atoms with van der Waals surface area (Å²) in [6, 6.07) is 12.8. The SMILES string of the molecule is O=C(Nc1ccc(-c2nc(C3=CCOCC3)c3ccsc3n2)cc1)Nc1cccnc1. The van der Waals surface area contributed by atoms with Gasteiger partial charge in [0.2, 0.25) is 0 Å². The Labute approximate surface area is 182 Å². The average Bonchev–Trinajstić information content (AvgIpc) is 3.29. The van der Waals surface area contributed by atoms with Crippen molar-refractivity contribution in [3.05, 3.63) is 72.0 Å². The molecule has 4 heterocycles. The van der Waals surface area contributed by atoms with Crippen LogP contribution in [0.4, 0.5) is 16.2 Å². The van der Waals surface area contributed by atoms with Gasteiger partial charge < -0.3 is 15.4 Å². The van der Waals surface area contributed by atoms with Crippen LogP contribution in [0.5, 0.6) is 0 Å². The first-order valence-corrected chi connectivity index (χ1v) is 10.7. The summed E-state index contributed by atoms with van der Waals surface area (Å²) in [5.41, 5.74) is 4.37. The third-order valence-corrected chi connectivity index (χ3v) is 5.72. The molecule has 0 atom stereocenters. The van der Waals surface area contributed by atoms with Crippen molar-refractivity contribution in [2.45, 2.75) is 6.42 Å². The normalized spacial score (nSPS) is 13.6. The maximum atomic E-state index is 12.2. The van der Waals surface area contributed by atoms with Gasteiger partial charge in [0.05, 0.1) is 30.8 Å². The molecule has 0 saturated carbocycles. The highest BCUT2D eigenvalue weighted by Crippen LogP contribution is 2.31. The number of anilines is 2. The Morgan fingerprint density at radius 1 is 1.03 bits per heavy atom. The molecule has 0 unspecified atom stereocenters. The van der Waals surface area contributed by atoms with Crippen LogP contribution in [0.3, 0.4) is 0 Å². The quantitative estimate of drug-likeness (QED) is 0.465. The number of fused-ring (bicyclic) bond motifs is 1. The van der Waals surface area contributed by atoms with Crippen LogP contribution in [0.1, 0.15) is 12.1 Å². The highest BCUT2D eigenvalue weighted by molar-refractivity contribution is 7.16. The van der Waals surface area contributed by atoms with E-state index in [1.807, 2.05) is 29.6 Å². The van der Waals surface area contributed by atoms with Crippen LogP contribution >= 0.6 is 11.3 Å². The number of amides is 2. The number of aromatic nitrogens is 3. The molecule has 2 N–H and O–H groups in total. The largest absolute Gasteiger partial charge is 0.377 e. The van der Waals surface area contributed by atoms with Crippen LogP contribution in [0.25, 0.3) is 27.2 Å². The Hall–Kier alpha value is -3.62. The van der Waals surface area contributed by atoms with Gasteiger partial charge in [-0.3, -0.25) is 4.98 Å². The van der Waals surface area contributed by atoms with Crippen LogP contribution in [0, 0.1) is 0 Å². The number of urea groups is 1. The molecule has 31 heavy (non-hydrogen) atoms. The highest BCUT2D eigenvalue weighted by Gasteiger charge is 2.16. The number of hydrogen-bond acceptors (Lipinski definition) is 6. The van der Waals surface area contributed by atoms with Gasteiger partial charge in [-0.05, 0) is 59.8 Å². The molecule has 1 aromatic carbocycles. The van der Waals surface area contributed by atoms with E-state index in [0.29, 0.717) is 30.4 Å². The summed E-state index contributed by atoms with van der Waals surface area (Å²) in [7, 11) is 0. The van der Waals surface area contributed by atoms with E-state index in [1.165, 1.54) is 5.57 Å². The fraction of sp³-hybridized carbons (Fsp3) is 0.130. The Morgan fingerprint density at radius 2 is 1.90 bits per heavy atom. The lowest BCUT2D eigenvalue weighted by Gasteiger charge is -2.14. The number of carbonyl (C=O) groups is 1. The predicted molar refractivity (Wildman–Crippen MR) is 123 cm³/mol. The number of pyridine rings is 1. The third kappa shape index (κ3) is 4.30. The molecule has 5 rings (SSSR count). The summed E-state index contributed by atoms with van der Waals surface area (Å²) >= 11 is 1.61. The molecule has 1 aliphatic heterocycles. The molecule has 0 fully saturated rings. The number of nitrogens with one attached hydrogen (secondary N) is 2. The second-order valence-electron chi connectivity index (χ2n) is 6.99. The van der Waals surface area contributed by atoms with Gasteiger partial charge in [0.25, 0.3) is 0 Å². The summed E-state index contributed by atoms with van der Waals surface area (Å²) in [6.07, 6.45) is 6.19. The highest BCUT2D eigenvalue weighted by atomic mass is 32.1. The number of benzene rings is 1. The van der Waals surface area contributed by atoms with Crippen molar-refractivity contribution in [1.82, 2.24) is 15.0 Å². The maximum absolute atomic E-state index is 12.2. The molecule has 0 bridgehead atoms. The first-order valence-electron chi connectivity index (χ1n) is 9.87. The van der Waals surface area contributed by atoms with Crippen molar-refractivity contribution in [2.24, 2.45) is 0 Å². The van der Waals surface area contributed by atoms with Crippen molar-refractivity contribution >= 4 is 44.5 Å².